The minimum atomic E-state index is -0.0885. The maximum Gasteiger partial charge on any atom is 0.271 e. The van der Waals surface area contributed by atoms with Gasteiger partial charge in [-0.1, -0.05) is 17.7 Å². The predicted molar refractivity (Wildman–Crippen MR) is 87.0 cm³/mol. The van der Waals surface area contributed by atoms with Gasteiger partial charge in [0.1, 0.15) is 5.69 Å². The lowest BCUT2D eigenvalue weighted by molar-refractivity contribution is 0.0943. The molecule has 1 aliphatic rings. The number of hydrogen-bond acceptors (Lipinski definition) is 3. The molecule has 0 radical (unpaired) electrons. The molecule has 1 N–H and O–H groups in total. The zero-order valence-electron chi connectivity index (χ0n) is 13.1. The zero-order chi connectivity index (χ0) is 15.5. The number of imidazole rings is 1. The third-order valence-electron chi connectivity index (χ3n) is 4.17. The predicted octanol–water partition coefficient (Wildman–Crippen LogP) is 1.98. The molecule has 1 aliphatic heterocycles. The van der Waals surface area contributed by atoms with Crippen molar-refractivity contribution in [2.45, 2.75) is 13.3 Å². The van der Waals surface area contributed by atoms with E-state index in [1.54, 1.807) is 17.1 Å². The summed E-state index contributed by atoms with van der Waals surface area (Å²) in [5.41, 5.74) is 3.03. The maximum atomic E-state index is 12.0. The van der Waals surface area contributed by atoms with Crippen molar-refractivity contribution in [1.29, 1.82) is 0 Å². The van der Waals surface area contributed by atoms with Gasteiger partial charge >= 0.3 is 0 Å². The van der Waals surface area contributed by atoms with Gasteiger partial charge in [0.15, 0.2) is 0 Å². The highest BCUT2D eigenvalue weighted by molar-refractivity contribution is 5.92. The fraction of sp³-hybridized carbons (Fsp3) is 0.412. The molecule has 0 saturated carbocycles. The highest BCUT2D eigenvalue weighted by Crippen LogP contribution is 2.23. The van der Waals surface area contributed by atoms with E-state index in [0.717, 1.165) is 19.5 Å². The van der Waals surface area contributed by atoms with E-state index in [1.807, 2.05) is 7.05 Å². The van der Waals surface area contributed by atoms with Crippen LogP contribution in [0.2, 0.25) is 0 Å². The van der Waals surface area contributed by atoms with Crippen LogP contribution >= 0.6 is 0 Å². The van der Waals surface area contributed by atoms with Crippen LogP contribution in [0.15, 0.2) is 36.8 Å². The molecule has 1 saturated heterocycles. The number of amides is 1. The van der Waals surface area contributed by atoms with Gasteiger partial charge in [-0.2, -0.15) is 0 Å². The molecule has 5 nitrogen and oxygen atoms in total. The van der Waals surface area contributed by atoms with Crippen LogP contribution in [0.4, 0.5) is 5.69 Å². The van der Waals surface area contributed by atoms with Gasteiger partial charge in [-0.3, -0.25) is 4.79 Å². The van der Waals surface area contributed by atoms with E-state index in [9.17, 15) is 4.79 Å². The van der Waals surface area contributed by atoms with Crippen LogP contribution < -0.4 is 10.2 Å². The van der Waals surface area contributed by atoms with Crippen LogP contribution in [0.5, 0.6) is 0 Å². The minimum absolute atomic E-state index is 0.0885. The fourth-order valence-electron chi connectivity index (χ4n) is 2.85. The van der Waals surface area contributed by atoms with Gasteiger partial charge in [-0.05, 0) is 31.4 Å². The monoisotopic (exact) mass is 298 g/mol. The summed E-state index contributed by atoms with van der Waals surface area (Å²) in [5.74, 6) is 0.406. The summed E-state index contributed by atoms with van der Waals surface area (Å²) in [7, 11) is 1.86. The van der Waals surface area contributed by atoms with Gasteiger partial charge in [0.25, 0.3) is 5.91 Å². The number of anilines is 1. The molecule has 22 heavy (non-hydrogen) atoms. The number of aromatic nitrogens is 2. The summed E-state index contributed by atoms with van der Waals surface area (Å²) >= 11 is 0. The van der Waals surface area contributed by atoms with Gasteiger partial charge < -0.3 is 14.8 Å². The highest BCUT2D eigenvalue weighted by Gasteiger charge is 2.23. The number of benzene rings is 1. The minimum Gasteiger partial charge on any atom is -0.371 e. The molecule has 1 aromatic heterocycles. The van der Waals surface area contributed by atoms with Crippen LogP contribution in [-0.4, -0.2) is 35.1 Å². The molecule has 3 rings (SSSR count). The molecule has 0 bridgehead atoms. The lowest BCUT2D eigenvalue weighted by atomic mass is 10.1. The highest BCUT2D eigenvalue weighted by atomic mass is 16.1. The second-order valence-corrected chi connectivity index (χ2v) is 6.07. The average molecular weight is 298 g/mol. The Labute approximate surface area is 131 Å². The number of carbonyl (C=O) groups is 1. The lowest BCUT2D eigenvalue weighted by Crippen LogP contribution is -2.31. The van der Waals surface area contributed by atoms with Crippen LogP contribution in [0.25, 0.3) is 0 Å². The van der Waals surface area contributed by atoms with Crippen LogP contribution in [0.3, 0.4) is 0 Å². The SMILES string of the molecule is Cc1ccc(N2CC[C@H](CNC(=O)c3cn(C)cn3)C2)cc1. The van der Waals surface area contributed by atoms with Crippen molar-refractivity contribution in [3.05, 3.63) is 48.0 Å². The van der Waals surface area contributed by atoms with E-state index in [0.29, 0.717) is 18.2 Å². The molecule has 0 unspecified atom stereocenters. The molecule has 5 heteroatoms. The average Bonchev–Trinajstić information content (AvgIpc) is 3.15. The van der Waals surface area contributed by atoms with E-state index < -0.39 is 0 Å². The normalized spacial score (nSPS) is 17.7. The first kappa shape index (κ1) is 14.6. The Morgan fingerprint density at radius 2 is 2.14 bits per heavy atom. The molecule has 1 aromatic carbocycles. The zero-order valence-corrected chi connectivity index (χ0v) is 13.1. The Balaban J connectivity index is 1.51. The summed E-state index contributed by atoms with van der Waals surface area (Å²) < 4.78 is 1.78. The second-order valence-electron chi connectivity index (χ2n) is 6.07. The summed E-state index contributed by atoms with van der Waals surface area (Å²) in [6, 6.07) is 8.63. The smallest absolute Gasteiger partial charge is 0.271 e. The molecule has 1 amide bonds. The number of nitrogens with zero attached hydrogens (tertiary/aromatic N) is 3. The molecule has 116 valence electrons. The van der Waals surface area contributed by atoms with Crippen molar-refractivity contribution in [1.82, 2.24) is 14.9 Å². The van der Waals surface area contributed by atoms with E-state index >= 15 is 0 Å². The summed E-state index contributed by atoms with van der Waals surface area (Å²) in [6.07, 6.45) is 4.49. The number of hydrogen-bond donors (Lipinski definition) is 1. The molecule has 0 spiro atoms. The Kier molecular flexibility index (Phi) is 4.13. The Morgan fingerprint density at radius 1 is 1.36 bits per heavy atom. The van der Waals surface area contributed by atoms with Crippen molar-refractivity contribution in [2.24, 2.45) is 13.0 Å². The Bertz CT molecular complexity index is 647. The first-order chi connectivity index (χ1) is 10.6. The number of rotatable bonds is 4. The maximum absolute atomic E-state index is 12.0. The molecule has 1 atom stereocenters. The molecule has 1 fully saturated rings. The summed E-state index contributed by atoms with van der Waals surface area (Å²) in [6.45, 7) is 4.85. The van der Waals surface area contributed by atoms with Gasteiger partial charge in [-0.25, -0.2) is 4.98 Å². The Morgan fingerprint density at radius 3 is 2.82 bits per heavy atom. The third kappa shape index (κ3) is 3.30. The van der Waals surface area contributed by atoms with E-state index in [4.69, 9.17) is 0 Å². The van der Waals surface area contributed by atoms with Crippen molar-refractivity contribution in [3.8, 4) is 0 Å². The second kappa shape index (κ2) is 6.22. The number of aryl methyl sites for hydroxylation is 2. The van der Waals surface area contributed by atoms with Crippen molar-refractivity contribution in [3.63, 3.8) is 0 Å². The lowest BCUT2D eigenvalue weighted by Gasteiger charge is -2.19. The standard InChI is InChI=1S/C17H22N4O/c1-13-3-5-15(6-4-13)21-8-7-14(10-21)9-18-17(22)16-11-20(2)12-19-16/h3-6,11-12,14H,7-10H2,1-2H3,(H,18,22)/t14-/m1/s1. The Hall–Kier alpha value is -2.30. The first-order valence-electron chi connectivity index (χ1n) is 7.69. The van der Waals surface area contributed by atoms with Gasteiger partial charge in [-0.15, -0.1) is 0 Å². The van der Waals surface area contributed by atoms with Crippen LogP contribution in [-0.2, 0) is 7.05 Å². The largest absolute Gasteiger partial charge is 0.371 e. The molecular formula is C17H22N4O. The number of carbonyl (C=O) groups excluding carboxylic acids is 1. The molecule has 0 aliphatic carbocycles. The van der Waals surface area contributed by atoms with Gasteiger partial charge in [0.2, 0.25) is 0 Å². The molecular weight excluding hydrogens is 276 g/mol. The van der Waals surface area contributed by atoms with Crippen LogP contribution in [0, 0.1) is 12.8 Å². The summed E-state index contributed by atoms with van der Waals surface area (Å²) in [5, 5.41) is 2.99. The quantitative estimate of drug-likeness (QED) is 0.939. The fourth-order valence-corrected chi connectivity index (χ4v) is 2.85. The third-order valence-corrected chi connectivity index (χ3v) is 4.17. The van der Waals surface area contributed by atoms with Crippen molar-refractivity contribution in [2.75, 3.05) is 24.5 Å². The van der Waals surface area contributed by atoms with Crippen molar-refractivity contribution >= 4 is 11.6 Å². The molecule has 2 heterocycles. The molecule has 2 aromatic rings. The van der Waals surface area contributed by atoms with Gasteiger partial charge in [0.05, 0.1) is 6.33 Å². The summed E-state index contributed by atoms with van der Waals surface area (Å²) in [4.78, 5) is 18.5. The number of nitrogens with one attached hydrogen (secondary N) is 1. The van der Waals surface area contributed by atoms with Gasteiger partial charge in [0, 0.05) is 38.6 Å². The van der Waals surface area contributed by atoms with Crippen LogP contribution in [0.1, 0.15) is 22.5 Å². The van der Waals surface area contributed by atoms with Crippen molar-refractivity contribution < 1.29 is 4.79 Å². The van der Waals surface area contributed by atoms with E-state index in [-0.39, 0.29) is 5.91 Å². The first-order valence-corrected chi connectivity index (χ1v) is 7.69. The van der Waals surface area contributed by atoms with E-state index in [2.05, 4.69) is 46.4 Å². The topological polar surface area (TPSA) is 50.2 Å². The van der Waals surface area contributed by atoms with E-state index in [1.165, 1.54) is 11.3 Å².